The predicted molar refractivity (Wildman–Crippen MR) is 85.2 cm³/mol. The van der Waals surface area contributed by atoms with Crippen LogP contribution in [0, 0.1) is 10.1 Å². The van der Waals surface area contributed by atoms with Crippen molar-refractivity contribution in [2.75, 3.05) is 19.7 Å². The third kappa shape index (κ3) is 2.81. The summed E-state index contributed by atoms with van der Waals surface area (Å²) in [7, 11) is 0. The monoisotopic (exact) mass is 347 g/mol. The molecule has 0 N–H and O–H groups in total. The van der Waals surface area contributed by atoms with Crippen LogP contribution in [0.1, 0.15) is 40.5 Å². The Morgan fingerprint density at radius 1 is 1.32 bits per heavy atom. The van der Waals surface area contributed by atoms with Gasteiger partial charge in [-0.1, -0.05) is 19.4 Å². The first-order chi connectivity index (χ1) is 12.0. The van der Waals surface area contributed by atoms with Gasteiger partial charge >= 0.3 is 6.09 Å². The molecule has 9 nitrogen and oxygen atoms in total. The number of hydrogen-bond acceptors (Lipinski definition) is 6. The summed E-state index contributed by atoms with van der Waals surface area (Å²) < 4.78 is 5.07. The highest BCUT2D eigenvalue weighted by Gasteiger charge is 2.48. The third-order valence-corrected chi connectivity index (χ3v) is 4.33. The van der Waals surface area contributed by atoms with Crippen LogP contribution in [0.15, 0.2) is 18.2 Å². The lowest BCUT2D eigenvalue weighted by molar-refractivity contribution is -0.385. The van der Waals surface area contributed by atoms with Gasteiger partial charge in [0.15, 0.2) is 0 Å². The number of nitro benzene ring substituents is 1. The van der Waals surface area contributed by atoms with Crippen molar-refractivity contribution in [2.45, 2.75) is 25.8 Å². The summed E-state index contributed by atoms with van der Waals surface area (Å²) in [6.45, 7) is 2.65. The number of carbonyl (C=O) groups is 3. The zero-order chi connectivity index (χ0) is 18.1. The van der Waals surface area contributed by atoms with Crippen molar-refractivity contribution in [2.24, 2.45) is 0 Å². The summed E-state index contributed by atoms with van der Waals surface area (Å²) in [4.78, 5) is 49.6. The molecule has 2 aliphatic rings. The van der Waals surface area contributed by atoms with Crippen LogP contribution in [0.25, 0.3) is 0 Å². The van der Waals surface area contributed by atoms with Gasteiger partial charge in [0.25, 0.3) is 17.5 Å². The molecule has 3 amide bonds. The zero-order valence-corrected chi connectivity index (χ0v) is 13.6. The van der Waals surface area contributed by atoms with E-state index in [1.165, 1.54) is 23.1 Å². The number of imide groups is 1. The fourth-order valence-corrected chi connectivity index (χ4v) is 2.93. The van der Waals surface area contributed by atoms with Crippen molar-refractivity contribution in [3.8, 4) is 0 Å². The first-order valence-corrected chi connectivity index (χ1v) is 8.02. The average Bonchev–Trinajstić information content (AvgIpc) is 2.79. The molecule has 0 radical (unpaired) electrons. The van der Waals surface area contributed by atoms with Crippen molar-refractivity contribution in [1.29, 1.82) is 0 Å². The molecule has 1 saturated heterocycles. The SMILES string of the molecule is CCCCOC(=O)N1CC(N2C(=O)c3cccc([N+](=O)[O-])c3C2=O)C1. The Morgan fingerprint density at radius 2 is 2.04 bits per heavy atom. The largest absolute Gasteiger partial charge is 0.449 e. The molecule has 0 unspecified atom stereocenters. The lowest BCUT2D eigenvalue weighted by Gasteiger charge is -2.41. The van der Waals surface area contributed by atoms with Gasteiger partial charge in [-0.15, -0.1) is 0 Å². The molecule has 2 heterocycles. The molecular weight excluding hydrogens is 330 g/mol. The van der Waals surface area contributed by atoms with E-state index in [1.807, 2.05) is 6.92 Å². The summed E-state index contributed by atoms with van der Waals surface area (Å²) in [5.41, 5.74) is -0.529. The molecule has 0 aromatic heterocycles. The lowest BCUT2D eigenvalue weighted by atomic mass is 10.1. The second-order valence-corrected chi connectivity index (χ2v) is 5.96. The maximum atomic E-state index is 12.5. The Hall–Kier alpha value is -2.97. The summed E-state index contributed by atoms with van der Waals surface area (Å²) in [5.74, 6) is -1.25. The fourth-order valence-electron chi connectivity index (χ4n) is 2.93. The maximum absolute atomic E-state index is 12.5. The van der Waals surface area contributed by atoms with E-state index in [0.717, 1.165) is 17.7 Å². The molecule has 0 spiro atoms. The minimum Gasteiger partial charge on any atom is -0.449 e. The standard InChI is InChI=1S/C16H17N3O6/c1-2-3-7-25-16(22)17-8-10(9-17)18-14(20)11-5-4-6-12(19(23)24)13(11)15(18)21/h4-6,10H,2-3,7-9H2,1H3. The van der Waals surface area contributed by atoms with Gasteiger partial charge in [0.2, 0.25) is 0 Å². The number of carbonyl (C=O) groups excluding carboxylic acids is 3. The van der Waals surface area contributed by atoms with E-state index in [9.17, 15) is 24.5 Å². The summed E-state index contributed by atoms with van der Waals surface area (Å²) >= 11 is 0. The molecule has 0 bridgehead atoms. The Bertz CT molecular complexity index is 756. The molecule has 2 aliphatic heterocycles. The molecular formula is C16H17N3O6. The first kappa shape index (κ1) is 16.9. The zero-order valence-electron chi connectivity index (χ0n) is 13.6. The van der Waals surface area contributed by atoms with E-state index < -0.39 is 28.9 Å². The number of rotatable bonds is 5. The number of hydrogen-bond donors (Lipinski definition) is 0. The summed E-state index contributed by atoms with van der Waals surface area (Å²) in [6.07, 6.45) is 1.20. The molecule has 0 aliphatic carbocycles. The molecule has 1 fully saturated rings. The molecule has 0 atom stereocenters. The Balaban J connectivity index is 1.69. The van der Waals surface area contributed by atoms with Crippen molar-refractivity contribution >= 4 is 23.6 Å². The normalized spacial score (nSPS) is 16.7. The molecule has 0 saturated carbocycles. The van der Waals surface area contributed by atoms with Crippen molar-refractivity contribution in [1.82, 2.24) is 9.80 Å². The number of fused-ring (bicyclic) bond motifs is 1. The third-order valence-electron chi connectivity index (χ3n) is 4.33. The minimum atomic E-state index is -0.684. The molecule has 3 rings (SSSR count). The van der Waals surface area contributed by atoms with Crippen LogP contribution >= 0.6 is 0 Å². The van der Waals surface area contributed by atoms with E-state index in [4.69, 9.17) is 4.74 Å². The first-order valence-electron chi connectivity index (χ1n) is 8.02. The van der Waals surface area contributed by atoms with Crippen LogP contribution in [0.3, 0.4) is 0 Å². The van der Waals surface area contributed by atoms with Crippen molar-refractivity contribution in [3.05, 3.63) is 39.4 Å². The van der Waals surface area contributed by atoms with Crippen LogP contribution in [-0.4, -0.2) is 58.4 Å². The second kappa shape index (κ2) is 6.50. The molecule has 132 valence electrons. The van der Waals surface area contributed by atoms with Gasteiger partial charge in [-0.25, -0.2) is 4.79 Å². The van der Waals surface area contributed by atoms with E-state index in [2.05, 4.69) is 0 Å². The van der Waals surface area contributed by atoms with Crippen molar-refractivity contribution in [3.63, 3.8) is 0 Å². The number of ether oxygens (including phenoxy) is 1. The highest BCUT2D eigenvalue weighted by molar-refractivity contribution is 6.23. The van der Waals surface area contributed by atoms with Gasteiger partial charge in [-0.05, 0) is 12.5 Å². The van der Waals surface area contributed by atoms with Gasteiger partial charge in [-0.2, -0.15) is 0 Å². The van der Waals surface area contributed by atoms with Crippen molar-refractivity contribution < 1.29 is 24.0 Å². The molecule has 1 aromatic rings. The minimum absolute atomic E-state index is 0.0307. The van der Waals surface area contributed by atoms with Gasteiger partial charge in [0.1, 0.15) is 5.56 Å². The smallest absolute Gasteiger partial charge is 0.409 e. The van der Waals surface area contributed by atoms with Crippen LogP contribution in [-0.2, 0) is 4.74 Å². The summed E-state index contributed by atoms with van der Waals surface area (Å²) in [6, 6.07) is 3.48. The molecule has 1 aromatic carbocycles. The average molecular weight is 347 g/mol. The number of benzene rings is 1. The Labute approximate surface area is 143 Å². The van der Waals surface area contributed by atoms with Crippen LogP contribution in [0.5, 0.6) is 0 Å². The predicted octanol–water partition coefficient (Wildman–Crippen LogP) is 1.81. The van der Waals surface area contributed by atoms with Gasteiger partial charge in [0.05, 0.1) is 23.1 Å². The lowest BCUT2D eigenvalue weighted by Crippen LogP contribution is -2.62. The highest BCUT2D eigenvalue weighted by atomic mass is 16.6. The molecule has 9 heteroatoms. The van der Waals surface area contributed by atoms with Crippen LogP contribution in [0.2, 0.25) is 0 Å². The quantitative estimate of drug-likeness (QED) is 0.348. The highest BCUT2D eigenvalue weighted by Crippen LogP contribution is 2.33. The topological polar surface area (TPSA) is 110 Å². The fraction of sp³-hybridized carbons (Fsp3) is 0.438. The number of nitro groups is 1. The van der Waals surface area contributed by atoms with Gasteiger partial charge < -0.3 is 9.64 Å². The van der Waals surface area contributed by atoms with Crippen LogP contribution in [0.4, 0.5) is 10.5 Å². The number of amides is 3. The number of nitrogens with zero attached hydrogens (tertiary/aromatic N) is 3. The number of unbranched alkanes of at least 4 members (excludes halogenated alkanes) is 1. The van der Waals surface area contributed by atoms with Gasteiger partial charge in [0, 0.05) is 19.2 Å². The Morgan fingerprint density at radius 3 is 2.68 bits per heavy atom. The van der Waals surface area contributed by atoms with Gasteiger partial charge in [-0.3, -0.25) is 24.6 Å². The second-order valence-electron chi connectivity index (χ2n) is 5.96. The summed E-state index contributed by atoms with van der Waals surface area (Å²) in [5, 5.41) is 11.1. The Kier molecular flexibility index (Phi) is 4.39. The van der Waals surface area contributed by atoms with E-state index in [0.29, 0.717) is 6.61 Å². The van der Waals surface area contributed by atoms with E-state index in [1.54, 1.807) is 0 Å². The number of likely N-dealkylation sites (tertiary alicyclic amines) is 1. The maximum Gasteiger partial charge on any atom is 0.409 e. The van der Waals surface area contributed by atoms with E-state index >= 15 is 0 Å². The van der Waals surface area contributed by atoms with Crippen LogP contribution < -0.4 is 0 Å². The molecule has 25 heavy (non-hydrogen) atoms. The van der Waals surface area contributed by atoms with E-state index in [-0.39, 0.29) is 29.9 Å².